The maximum absolute atomic E-state index is 13.1. The van der Waals surface area contributed by atoms with Gasteiger partial charge in [-0.05, 0) is 60.8 Å². The van der Waals surface area contributed by atoms with Crippen molar-refractivity contribution in [2.75, 3.05) is 13.7 Å². The summed E-state index contributed by atoms with van der Waals surface area (Å²) in [6.07, 6.45) is 9.19. The maximum Gasteiger partial charge on any atom is 0.309 e. The van der Waals surface area contributed by atoms with E-state index in [2.05, 4.69) is 39.5 Å². The van der Waals surface area contributed by atoms with Crippen LogP contribution in [0.25, 0.3) is 0 Å². The van der Waals surface area contributed by atoms with Gasteiger partial charge in [0.2, 0.25) is 0 Å². The lowest BCUT2D eigenvalue weighted by atomic mass is 9.53. The van der Waals surface area contributed by atoms with Crippen LogP contribution in [0.2, 0.25) is 0 Å². The summed E-state index contributed by atoms with van der Waals surface area (Å²) in [5, 5.41) is 11.2. The van der Waals surface area contributed by atoms with Gasteiger partial charge in [0.15, 0.2) is 0 Å². The van der Waals surface area contributed by atoms with Gasteiger partial charge in [-0.3, -0.25) is 4.79 Å². The van der Waals surface area contributed by atoms with Crippen molar-refractivity contribution >= 4 is 5.97 Å². The van der Waals surface area contributed by atoms with Crippen LogP contribution in [0.5, 0.6) is 0 Å². The molecule has 7 unspecified atom stereocenters. The average molecular weight is 375 g/mol. The number of aliphatic hydroxyl groups is 1. The van der Waals surface area contributed by atoms with Crippen LogP contribution in [0.4, 0.5) is 0 Å². The predicted octanol–water partition coefficient (Wildman–Crippen LogP) is 4.03. The molecule has 4 aliphatic rings. The lowest BCUT2D eigenvalue weighted by Gasteiger charge is -2.54. The van der Waals surface area contributed by atoms with Crippen molar-refractivity contribution in [3.8, 4) is 0 Å². The van der Waals surface area contributed by atoms with Gasteiger partial charge in [-0.25, -0.2) is 0 Å². The molecule has 1 N–H and O–H groups in total. The Balaban J connectivity index is 1.90. The Labute approximate surface area is 163 Å². The van der Waals surface area contributed by atoms with Gasteiger partial charge in [0.25, 0.3) is 0 Å². The van der Waals surface area contributed by atoms with Crippen LogP contribution in [-0.2, 0) is 14.3 Å². The highest BCUT2D eigenvalue weighted by Crippen LogP contribution is 2.67. The molecule has 0 aromatic heterocycles. The molecule has 0 radical (unpaired) electrons. The van der Waals surface area contributed by atoms with E-state index in [1.165, 1.54) is 7.11 Å². The zero-order valence-corrected chi connectivity index (χ0v) is 17.2. The highest BCUT2D eigenvalue weighted by atomic mass is 16.5. The van der Waals surface area contributed by atoms with Crippen LogP contribution < -0.4 is 0 Å². The maximum atomic E-state index is 13.1. The van der Waals surface area contributed by atoms with E-state index in [0.717, 1.165) is 24.8 Å². The van der Waals surface area contributed by atoms with E-state index in [0.29, 0.717) is 25.9 Å². The van der Waals surface area contributed by atoms with E-state index in [1.54, 1.807) is 0 Å². The number of hydrogen-bond donors (Lipinski definition) is 1. The van der Waals surface area contributed by atoms with Crippen molar-refractivity contribution < 1.29 is 19.4 Å². The van der Waals surface area contributed by atoms with Crippen LogP contribution in [0.3, 0.4) is 0 Å². The highest BCUT2D eigenvalue weighted by molar-refractivity contribution is 5.74. The van der Waals surface area contributed by atoms with Crippen molar-refractivity contribution in [2.24, 2.45) is 28.1 Å². The summed E-state index contributed by atoms with van der Waals surface area (Å²) < 4.78 is 11.8. The van der Waals surface area contributed by atoms with E-state index < -0.39 is 5.60 Å². The second-order valence-corrected chi connectivity index (χ2v) is 10.1. The summed E-state index contributed by atoms with van der Waals surface area (Å²) in [7, 11) is 1.49. The highest BCUT2D eigenvalue weighted by Gasteiger charge is 2.66. The predicted molar refractivity (Wildman–Crippen MR) is 104 cm³/mol. The number of carbonyl (C=O) groups is 1. The van der Waals surface area contributed by atoms with Crippen molar-refractivity contribution in [1.29, 1.82) is 0 Å². The fourth-order valence-corrected chi connectivity index (χ4v) is 6.71. The third-order valence-corrected chi connectivity index (χ3v) is 9.02. The Bertz CT molecular complexity index is 698. The SMILES string of the molecule is C=C1CC23CC1(O)CCC2C1C=CC(C)(CC)C(C)(CO1)CC3C(=O)OC. The fourth-order valence-electron chi connectivity index (χ4n) is 6.71. The van der Waals surface area contributed by atoms with E-state index in [9.17, 15) is 9.90 Å². The van der Waals surface area contributed by atoms with Gasteiger partial charge in [0.1, 0.15) is 0 Å². The number of esters is 1. The molecule has 4 rings (SSSR count). The van der Waals surface area contributed by atoms with E-state index in [-0.39, 0.29) is 40.2 Å². The quantitative estimate of drug-likeness (QED) is 0.586. The molecule has 2 heterocycles. The number of methoxy groups -OCH3 is 1. The molecule has 4 heteroatoms. The summed E-state index contributed by atoms with van der Waals surface area (Å²) in [5.74, 6) is -0.159. The van der Waals surface area contributed by atoms with Crippen LogP contribution in [-0.4, -0.2) is 36.5 Å². The topological polar surface area (TPSA) is 55.8 Å². The standard InChI is InChI=1S/C23H34O4/c1-6-20(3)9-8-18-16-7-10-23(25)13-22(16,11-15(23)2)17(19(24)26-5)12-21(20,4)14-27-18/h8-9,16-18,25H,2,6-7,10-14H2,1,3-5H3. The third kappa shape index (κ3) is 2.45. The molecule has 150 valence electrons. The first-order valence-electron chi connectivity index (χ1n) is 10.4. The number of fused-ring (bicyclic) bond motifs is 5. The van der Waals surface area contributed by atoms with Crippen LogP contribution in [0.15, 0.2) is 24.3 Å². The second kappa shape index (κ2) is 5.93. The summed E-state index contributed by atoms with van der Waals surface area (Å²) >= 11 is 0. The Morgan fingerprint density at radius 2 is 2.19 bits per heavy atom. The Kier molecular flexibility index (Phi) is 4.22. The van der Waals surface area contributed by atoms with E-state index in [1.807, 2.05) is 0 Å². The number of allylic oxidation sites excluding steroid dienone is 1. The van der Waals surface area contributed by atoms with Gasteiger partial charge >= 0.3 is 5.97 Å². The van der Waals surface area contributed by atoms with Gasteiger partial charge in [0.05, 0.1) is 31.3 Å². The summed E-state index contributed by atoms with van der Waals surface area (Å²) in [6.45, 7) is 11.6. The molecule has 0 aromatic rings. The zero-order chi connectivity index (χ0) is 19.7. The lowest BCUT2D eigenvalue weighted by Crippen LogP contribution is -2.54. The van der Waals surface area contributed by atoms with Crippen molar-refractivity contribution in [3.05, 3.63) is 24.3 Å². The molecule has 1 spiro atoms. The zero-order valence-electron chi connectivity index (χ0n) is 17.2. The van der Waals surface area contributed by atoms with E-state index >= 15 is 0 Å². The number of rotatable bonds is 2. The average Bonchev–Trinajstić information content (AvgIpc) is 2.77. The Morgan fingerprint density at radius 1 is 1.44 bits per heavy atom. The number of hydrogen-bond acceptors (Lipinski definition) is 4. The number of ether oxygens (including phenoxy) is 2. The van der Waals surface area contributed by atoms with Crippen LogP contribution >= 0.6 is 0 Å². The van der Waals surface area contributed by atoms with Gasteiger partial charge in [-0.1, -0.05) is 39.5 Å². The minimum Gasteiger partial charge on any atom is -0.469 e. The van der Waals surface area contributed by atoms with Crippen LogP contribution in [0.1, 0.15) is 59.3 Å². The number of carbonyl (C=O) groups excluding carboxylic acids is 1. The first kappa shape index (κ1) is 19.2. The normalized spacial score (nSPS) is 51.3. The molecule has 27 heavy (non-hydrogen) atoms. The van der Waals surface area contributed by atoms with Crippen molar-refractivity contribution in [1.82, 2.24) is 0 Å². The molecule has 2 saturated carbocycles. The molecule has 2 aliphatic heterocycles. The Hall–Kier alpha value is -1.13. The molecule has 7 atom stereocenters. The lowest BCUT2D eigenvalue weighted by molar-refractivity contribution is -0.176. The first-order valence-corrected chi connectivity index (χ1v) is 10.4. The second-order valence-electron chi connectivity index (χ2n) is 10.1. The smallest absolute Gasteiger partial charge is 0.309 e. The Morgan fingerprint density at radius 3 is 2.85 bits per heavy atom. The molecule has 2 aliphatic carbocycles. The molecular weight excluding hydrogens is 340 g/mol. The summed E-state index contributed by atoms with van der Waals surface area (Å²) in [5.41, 5.74) is -0.474. The fraction of sp³-hybridized carbons (Fsp3) is 0.783. The van der Waals surface area contributed by atoms with Gasteiger partial charge in [-0.2, -0.15) is 0 Å². The monoisotopic (exact) mass is 374 g/mol. The summed E-state index contributed by atoms with van der Waals surface area (Å²) in [4.78, 5) is 13.1. The minimum absolute atomic E-state index is 0.0133. The minimum atomic E-state index is -0.839. The van der Waals surface area contributed by atoms with Gasteiger partial charge < -0.3 is 14.6 Å². The van der Waals surface area contributed by atoms with Crippen LogP contribution in [0, 0.1) is 28.1 Å². The molecule has 3 fully saturated rings. The van der Waals surface area contributed by atoms with Crippen molar-refractivity contribution in [3.63, 3.8) is 0 Å². The molecule has 0 amide bonds. The largest absolute Gasteiger partial charge is 0.469 e. The molecule has 0 aromatic carbocycles. The van der Waals surface area contributed by atoms with E-state index in [4.69, 9.17) is 9.47 Å². The van der Waals surface area contributed by atoms with Crippen molar-refractivity contribution in [2.45, 2.75) is 71.0 Å². The third-order valence-electron chi connectivity index (χ3n) is 9.02. The van der Waals surface area contributed by atoms with Gasteiger partial charge in [-0.15, -0.1) is 0 Å². The molecular formula is C23H34O4. The molecule has 4 nitrogen and oxygen atoms in total. The molecule has 4 bridgehead atoms. The first-order chi connectivity index (χ1) is 12.6. The molecule has 1 saturated heterocycles. The summed E-state index contributed by atoms with van der Waals surface area (Å²) in [6, 6.07) is 0. The van der Waals surface area contributed by atoms with Gasteiger partial charge in [0, 0.05) is 5.41 Å².